The van der Waals surface area contributed by atoms with Crippen molar-refractivity contribution >= 4 is 11.9 Å². The molecular weight excluding hydrogens is 320 g/mol. The Hall–Kier alpha value is -3.18. The fourth-order valence-corrected chi connectivity index (χ4v) is 2.91. The smallest absolute Gasteiger partial charge is 0.248 e. The second kappa shape index (κ2) is 6.75. The topological polar surface area (TPSA) is 130 Å². The van der Waals surface area contributed by atoms with E-state index < -0.39 is 11.9 Å². The maximum atomic E-state index is 12.0. The number of rotatable bonds is 5. The van der Waals surface area contributed by atoms with Gasteiger partial charge in [-0.05, 0) is 31.0 Å². The second-order valence-electron chi connectivity index (χ2n) is 5.79. The van der Waals surface area contributed by atoms with Crippen LogP contribution in [-0.2, 0) is 11.2 Å². The number of anilines is 1. The van der Waals surface area contributed by atoms with Gasteiger partial charge < -0.3 is 16.2 Å². The fourth-order valence-electron chi connectivity index (χ4n) is 2.91. The van der Waals surface area contributed by atoms with Gasteiger partial charge in [-0.2, -0.15) is 15.3 Å². The first-order valence-corrected chi connectivity index (χ1v) is 7.89. The Labute approximate surface area is 144 Å². The number of benzene rings is 1. The predicted octanol–water partition coefficient (Wildman–Crippen LogP) is 0.849. The van der Waals surface area contributed by atoms with E-state index in [4.69, 9.17) is 16.1 Å². The molecule has 0 unspecified atom stereocenters. The largest absolute Gasteiger partial charge is 0.396 e. The van der Waals surface area contributed by atoms with Gasteiger partial charge in [0.15, 0.2) is 5.82 Å². The number of amides is 1. The van der Waals surface area contributed by atoms with E-state index in [1.807, 2.05) is 0 Å². The molecule has 0 saturated carbocycles. The lowest BCUT2D eigenvalue weighted by atomic mass is 9.95. The van der Waals surface area contributed by atoms with Crippen molar-refractivity contribution in [2.24, 2.45) is 5.73 Å². The summed E-state index contributed by atoms with van der Waals surface area (Å²) in [5.41, 5.74) is 7.94. The molecule has 25 heavy (non-hydrogen) atoms. The number of primary amides is 1. The van der Waals surface area contributed by atoms with E-state index in [2.05, 4.69) is 21.5 Å². The van der Waals surface area contributed by atoms with Crippen molar-refractivity contribution in [3.8, 4) is 6.07 Å². The van der Waals surface area contributed by atoms with E-state index in [-0.39, 0.29) is 6.61 Å². The highest BCUT2D eigenvalue weighted by Crippen LogP contribution is 2.34. The van der Waals surface area contributed by atoms with Gasteiger partial charge in [-0.25, -0.2) is 4.68 Å². The average Bonchev–Trinajstić information content (AvgIpc) is 3.00. The summed E-state index contributed by atoms with van der Waals surface area (Å²) in [4.78, 5) is 16.5. The number of nitrogens with zero attached hydrogens (tertiary/aromatic N) is 4. The summed E-state index contributed by atoms with van der Waals surface area (Å²) < 4.78 is 1.63. The van der Waals surface area contributed by atoms with Crippen LogP contribution in [0.25, 0.3) is 0 Å². The van der Waals surface area contributed by atoms with E-state index in [0.717, 1.165) is 5.56 Å². The highest BCUT2D eigenvalue weighted by atomic mass is 16.3. The SMILES string of the molecule is CC1=C(C(N)=O)[C@@H](c2ccc(C#N)cc2)n2nc(CCCO)nc2N1. The molecule has 0 aliphatic carbocycles. The van der Waals surface area contributed by atoms with Crippen LogP contribution in [-0.4, -0.2) is 32.4 Å². The number of nitriles is 1. The maximum Gasteiger partial charge on any atom is 0.248 e. The van der Waals surface area contributed by atoms with Gasteiger partial charge in [0.2, 0.25) is 11.9 Å². The van der Waals surface area contributed by atoms with E-state index in [1.54, 1.807) is 35.9 Å². The summed E-state index contributed by atoms with van der Waals surface area (Å²) in [5.74, 6) is 0.552. The van der Waals surface area contributed by atoms with Crippen LogP contribution in [0.3, 0.4) is 0 Å². The zero-order valence-corrected chi connectivity index (χ0v) is 13.7. The number of aromatic nitrogens is 3. The monoisotopic (exact) mass is 338 g/mol. The Bertz CT molecular complexity index is 876. The number of aryl methyl sites for hydroxylation is 1. The van der Waals surface area contributed by atoms with E-state index in [9.17, 15) is 4.79 Å². The van der Waals surface area contributed by atoms with Gasteiger partial charge >= 0.3 is 0 Å². The minimum atomic E-state index is -0.544. The number of hydrogen-bond donors (Lipinski definition) is 3. The lowest BCUT2D eigenvalue weighted by Gasteiger charge is -2.27. The molecule has 4 N–H and O–H groups in total. The molecule has 8 nitrogen and oxygen atoms in total. The Morgan fingerprint density at radius 3 is 2.76 bits per heavy atom. The Morgan fingerprint density at radius 2 is 2.16 bits per heavy atom. The van der Waals surface area contributed by atoms with Crippen LogP contribution >= 0.6 is 0 Å². The fraction of sp³-hybridized carbons (Fsp3) is 0.294. The summed E-state index contributed by atoms with van der Waals surface area (Å²) >= 11 is 0. The van der Waals surface area contributed by atoms with Crippen molar-refractivity contribution in [2.75, 3.05) is 11.9 Å². The van der Waals surface area contributed by atoms with Crippen LogP contribution in [0.5, 0.6) is 0 Å². The van der Waals surface area contributed by atoms with Gasteiger partial charge in [0.1, 0.15) is 6.04 Å². The van der Waals surface area contributed by atoms with Crippen molar-refractivity contribution in [1.82, 2.24) is 14.8 Å². The van der Waals surface area contributed by atoms with Crippen LogP contribution in [0, 0.1) is 11.3 Å². The Balaban J connectivity index is 2.09. The van der Waals surface area contributed by atoms with E-state index in [1.165, 1.54) is 0 Å². The number of fused-ring (bicyclic) bond motifs is 1. The number of allylic oxidation sites excluding steroid dienone is 1. The molecule has 1 aromatic carbocycles. The molecule has 2 aromatic rings. The zero-order valence-electron chi connectivity index (χ0n) is 13.7. The summed E-state index contributed by atoms with van der Waals surface area (Å²) in [5, 5.41) is 25.5. The summed E-state index contributed by atoms with van der Waals surface area (Å²) in [7, 11) is 0. The number of nitrogens with one attached hydrogen (secondary N) is 1. The number of aliphatic hydroxyl groups excluding tert-OH is 1. The first-order valence-electron chi connectivity index (χ1n) is 7.89. The van der Waals surface area contributed by atoms with Gasteiger partial charge in [0, 0.05) is 18.7 Å². The number of carbonyl (C=O) groups is 1. The molecule has 8 heteroatoms. The minimum absolute atomic E-state index is 0.0557. The molecule has 128 valence electrons. The van der Waals surface area contributed by atoms with Crippen LogP contribution in [0.1, 0.15) is 36.3 Å². The van der Waals surface area contributed by atoms with Crippen LogP contribution in [0.2, 0.25) is 0 Å². The normalized spacial score (nSPS) is 16.1. The van der Waals surface area contributed by atoms with Crippen molar-refractivity contribution in [3.63, 3.8) is 0 Å². The third-order valence-corrected chi connectivity index (χ3v) is 4.08. The summed E-state index contributed by atoms with van der Waals surface area (Å²) in [6, 6.07) is 8.50. The van der Waals surface area contributed by atoms with Crippen LogP contribution in [0.15, 0.2) is 35.5 Å². The van der Waals surface area contributed by atoms with Gasteiger partial charge in [0.25, 0.3) is 0 Å². The quantitative estimate of drug-likeness (QED) is 0.741. The molecular formula is C17H18N6O2. The molecule has 0 radical (unpaired) electrons. The minimum Gasteiger partial charge on any atom is -0.396 e. The van der Waals surface area contributed by atoms with Crippen LogP contribution in [0.4, 0.5) is 5.95 Å². The average molecular weight is 338 g/mol. The van der Waals surface area contributed by atoms with Crippen LogP contribution < -0.4 is 11.1 Å². The molecule has 3 rings (SSSR count). The molecule has 1 aromatic heterocycles. The summed E-state index contributed by atoms with van der Waals surface area (Å²) in [6.07, 6.45) is 1.09. The van der Waals surface area contributed by atoms with E-state index >= 15 is 0 Å². The molecule has 0 fully saturated rings. The van der Waals surface area contributed by atoms with Crippen molar-refractivity contribution in [1.29, 1.82) is 5.26 Å². The van der Waals surface area contributed by atoms with Crippen molar-refractivity contribution < 1.29 is 9.90 Å². The van der Waals surface area contributed by atoms with E-state index in [0.29, 0.717) is 41.4 Å². The molecule has 1 aliphatic heterocycles. The van der Waals surface area contributed by atoms with Crippen molar-refractivity contribution in [3.05, 3.63) is 52.5 Å². The molecule has 1 amide bonds. The van der Waals surface area contributed by atoms with Gasteiger partial charge in [-0.15, -0.1) is 0 Å². The highest BCUT2D eigenvalue weighted by molar-refractivity contribution is 5.95. The first-order chi connectivity index (χ1) is 12.0. The Morgan fingerprint density at radius 1 is 1.44 bits per heavy atom. The molecule has 1 atom stereocenters. The lowest BCUT2D eigenvalue weighted by molar-refractivity contribution is -0.115. The third-order valence-electron chi connectivity index (χ3n) is 4.08. The molecule has 0 bridgehead atoms. The molecule has 0 spiro atoms. The zero-order chi connectivity index (χ0) is 18.0. The third kappa shape index (κ3) is 3.09. The second-order valence-corrected chi connectivity index (χ2v) is 5.79. The molecule has 2 heterocycles. The van der Waals surface area contributed by atoms with Gasteiger partial charge in [-0.1, -0.05) is 12.1 Å². The van der Waals surface area contributed by atoms with Gasteiger partial charge in [0.05, 0.1) is 17.2 Å². The lowest BCUT2D eigenvalue weighted by Crippen LogP contribution is -2.31. The molecule has 1 aliphatic rings. The molecule has 0 saturated heterocycles. The number of hydrogen-bond acceptors (Lipinski definition) is 6. The number of nitrogens with two attached hydrogens (primary N) is 1. The Kier molecular flexibility index (Phi) is 4.50. The van der Waals surface area contributed by atoms with Crippen molar-refractivity contribution in [2.45, 2.75) is 25.8 Å². The first kappa shape index (κ1) is 16.7. The standard InChI is InChI=1S/C17H18N6O2/c1-10-14(16(19)25)15(12-6-4-11(9-18)5-7-12)23-17(20-10)21-13(22-23)3-2-8-24/h4-7,15,24H,2-3,8H2,1H3,(H2,19,25)(H,20,21,22)/t15-/m1/s1. The predicted molar refractivity (Wildman–Crippen MR) is 90.2 cm³/mol. The maximum absolute atomic E-state index is 12.0. The number of aliphatic hydroxyl groups is 1. The summed E-state index contributed by atoms with van der Waals surface area (Å²) in [6.45, 7) is 1.82. The highest BCUT2D eigenvalue weighted by Gasteiger charge is 2.33. The number of carbonyl (C=O) groups excluding carboxylic acids is 1. The van der Waals surface area contributed by atoms with Gasteiger partial charge in [-0.3, -0.25) is 4.79 Å².